The van der Waals surface area contributed by atoms with Crippen LogP contribution in [0.4, 0.5) is 0 Å². The van der Waals surface area contributed by atoms with Crippen LogP contribution >= 0.6 is 7.37 Å². The number of pyridine rings is 1. The van der Waals surface area contributed by atoms with Crippen molar-refractivity contribution in [2.75, 3.05) is 6.16 Å². The van der Waals surface area contributed by atoms with Crippen LogP contribution in [0.3, 0.4) is 0 Å². The van der Waals surface area contributed by atoms with Gasteiger partial charge in [0.2, 0.25) is 13.0 Å². The Morgan fingerprint density at radius 1 is 1.03 bits per heavy atom. The molecule has 2 aromatic carbocycles. The minimum absolute atomic E-state index is 0.173. The zero-order valence-electron chi connectivity index (χ0n) is 17.5. The molecule has 0 saturated heterocycles. The summed E-state index contributed by atoms with van der Waals surface area (Å²) in [5.41, 5.74) is 5.49. The third kappa shape index (κ3) is 4.15. The molecule has 0 bridgehead atoms. The van der Waals surface area contributed by atoms with Crippen LogP contribution in [-0.2, 0) is 17.3 Å². The molecular weight excluding hydrogens is 423 g/mol. The first-order valence-corrected chi connectivity index (χ1v) is 12.3. The largest absolute Gasteiger partial charge is 0.344 e. The van der Waals surface area contributed by atoms with Crippen LogP contribution in [0.5, 0.6) is 0 Å². The Kier molecular flexibility index (Phi) is 5.25. The molecule has 160 valence electrons. The summed E-state index contributed by atoms with van der Waals surface area (Å²) in [4.78, 5) is 23.4. The molecule has 5 rings (SSSR count). The van der Waals surface area contributed by atoms with Crippen molar-refractivity contribution >= 4 is 29.6 Å². The second-order valence-corrected chi connectivity index (χ2v) is 10.3. The summed E-state index contributed by atoms with van der Waals surface area (Å²) in [6.07, 6.45) is 3.89. The zero-order chi connectivity index (χ0) is 22.1. The minimum atomic E-state index is -3.11. The van der Waals surface area contributed by atoms with Gasteiger partial charge in [-0.2, -0.15) is 0 Å². The zero-order valence-corrected chi connectivity index (χ0v) is 18.4. The summed E-state index contributed by atoms with van der Waals surface area (Å²) in [6, 6.07) is 17.6. The summed E-state index contributed by atoms with van der Waals surface area (Å²) in [5, 5.41) is 9.45. The second-order valence-electron chi connectivity index (χ2n) is 7.70. The van der Waals surface area contributed by atoms with Gasteiger partial charge in [0.05, 0.1) is 24.0 Å². The molecule has 0 amide bonds. The smallest absolute Gasteiger partial charge is 0.221 e. The van der Waals surface area contributed by atoms with Crippen molar-refractivity contribution < 1.29 is 9.46 Å². The number of nitrogens with zero attached hydrogens (tertiary/aromatic N) is 6. The molecule has 0 aliphatic heterocycles. The quantitative estimate of drug-likeness (QED) is 0.390. The van der Waals surface area contributed by atoms with Crippen LogP contribution in [0.2, 0.25) is 0 Å². The van der Waals surface area contributed by atoms with Crippen LogP contribution in [0.15, 0.2) is 67.0 Å². The molecule has 0 spiro atoms. The van der Waals surface area contributed by atoms with Crippen molar-refractivity contribution in [1.29, 1.82) is 0 Å². The molecule has 5 aromatic rings. The number of rotatable bonds is 6. The van der Waals surface area contributed by atoms with Gasteiger partial charge in [-0.1, -0.05) is 48.5 Å². The first kappa shape index (κ1) is 20.4. The molecule has 3 heterocycles. The SMILES string of the molecule is CCP(=O)(O)Cc1ccc(-c2cnc3nnn(Cc4ccc5ncccc5c4)c3n2)cc1. The van der Waals surface area contributed by atoms with E-state index in [0.29, 0.717) is 23.5 Å². The van der Waals surface area contributed by atoms with Gasteiger partial charge in [0, 0.05) is 29.5 Å². The fraction of sp³-hybridized carbons (Fsp3) is 0.174. The molecule has 1 atom stereocenters. The fourth-order valence-corrected chi connectivity index (χ4v) is 4.58. The molecule has 8 nitrogen and oxygen atoms in total. The predicted molar refractivity (Wildman–Crippen MR) is 123 cm³/mol. The van der Waals surface area contributed by atoms with E-state index in [1.807, 2.05) is 48.5 Å². The topological polar surface area (TPSA) is 107 Å². The van der Waals surface area contributed by atoms with Gasteiger partial charge in [0.15, 0.2) is 5.65 Å². The number of hydrogen-bond donors (Lipinski definition) is 1. The van der Waals surface area contributed by atoms with Crippen LogP contribution in [-0.4, -0.2) is 41.0 Å². The van der Waals surface area contributed by atoms with E-state index < -0.39 is 7.37 Å². The first-order valence-electron chi connectivity index (χ1n) is 10.3. The van der Waals surface area contributed by atoms with Crippen molar-refractivity contribution in [3.63, 3.8) is 0 Å². The fourth-order valence-electron chi connectivity index (χ4n) is 3.58. The maximum atomic E-state index is 12.0. The standard InChI is InChI=1S/C23H21N6O2P/c1-2-32(30,31)15-16-5-8-18(9-6-16)21-13-25-22-23(26-21)29(28-27-22)14-17-7-10-20-19(12-17)4-3-11-24-20/h3-13H,2,14-15H2,1H3,(H,30,31). The van der Waals surface area contributed by atoms with E-state index >= 15 is 0 Å². The first-order chi connectivity index (χ1) is 15.5. The molecule has 1 N–H and O–H groups in total. The van der Waals surface area contributed by atoms with E-state index in [1.54, 1.807) is 24.0 Å². The average molecular weight is 444 g/mol. The maximum absolute atomic E-state index is 12.0. The Balaban J connectivity index is 1.44. The van der Waals surface area contributed by atoms with E-state index in [1.165, 1.54) is 0 Å². The molecule has 0 aliphatic carbocycles. The van der Waals surface area contributed by atoms with Crippen molar-refractivity contribution in [1.82, 2.24) is 29.9 Å². The third-order valence-corrected chi connectivity index (χ3v) is 7.25. The molecule has 9 heteroatoms. The Hall–Kier alpha value is -3.48. The van der Waals surface area contributed by atoms with Gasteiger partial charge >= 0.3 is 0 Å². The summed E-state index contributed by atoms with van der Waals surface area (Å²) in [6.45, 7) is 2.24. The van der Waals surface area contributed by atoms with Gasteiger partial charge < -0.3 is 4.89 Å². The number of fused-ring (bicyclic) bond motifs is 2. The van der Waals surface area contributed by atoms with Gasteiger partial charge in [0.25, 0.3) is 0 Å². The highest BCUT2D eigenvalue weighted by Gasteiger charge is 2.16. The highest BCUT2D eigenvalue weighted by molar-refractivity contribution is 7.57. The normalized spacial score (nSPS) is 13.4. The Labute approximate surface area is 184 Å². The summed E-state index contributed by atoms with van der Waals surface area (Å²) >= 11 is 0. The second kappa shape index (κ2) is 8.22. The lowest BCUT2D eigenvalue weighted by Crippen LogP contribution is -2.03. The molecular formula is C23H21N6O2P. The molecule has 0 aliphatic rings. The van der Waals surface area contributed by atoms with Crippen molar-refractivity contribution in [2.45, 2.75) is 19.6 Å². The van der Waals surface area contributed by atoms with E-state index in [4.69, 9.17) is 4.98 Å². The number of hydrogen-bond acceptors (Lipinski definition) is 6. The van der Waals surface area contributed by atoms with E-state index in [0.717, 1.165) is 27.6 Å². The minimum Gasteiger partial charge on any atom is -0.344 e. The summed E-state index contributed by atoms with van der Waals surface area (Å²) in [7, 11) is -3.11. The monoisotopic (exact) mass is 444 g/mol. The lowest BCUT2D eigenvalue weighted by atomic mass is 10.1. The molecule has 0 fully saturated rings. The molecule has 1 unspecified atom stereocenters. The molecule has 0 radical (unpaired) electrons. The highest BCUT2D eigenvalue weighted by atomic mass is 31.2. The number of aromatic nitrogens is 6. The number of benzene rings is 2. The van der Waals surface area contributed by atoms with Crippen LogP contribution in [0.25, 0.3) is 33.5 Å². The lowest BCUT2D eigenvalue weighted by molar-refractivity contribution is 0.478. The van der Waals surface area contributed by atoms with E-state index in [2.05, 4.69) is 26.3 Å². The summed E-state index contributed by atoms with van der Waals surface area (Å²) in [5.74, 6) is 0. The molecule has 3 aromatic heterocycles. The third-order valence-electron chi connectivity index (χ3n) is 5.40. The van der Waals surface area contributed by atoms with E-state index in [-0.39, 0.29) is 12.3 Å². The van der Waals surface area contributed by atoms with Crippen LogP contribution < -0.4 is 0 Å². The van der Waals surface area contributed by atoms with Gasteiger partial charge in [-0.15, -0.1) is 5.10 Å². The van der Waals surface area contributed by atoms with Crippen molar-refractivity contribution in [3.8, 4) is 11.3 Å². The molecule has 0 saturated carbocycles. The Morgan fingerprint density at radius 3 is 2.66 bits per heavy atom. The Morgan fingerprint density at radius 2 is 1.84 bits per heavy atom. The van der Waals surface area contributed by atoms with Gasteiger partial charge in [0.1, 0.15) is 0 Å². The van der Waals surface area contributed by atoms with Crippen molar-refractivity contribution in [2.24, 2.45) is 0 Å². The Bertz CT molecular complexity index is 1460. The van der Waals surface area contributed by atoms with Gasteiger partial charge in [-0.3, -0.25) is 9.55 Å². The van der Waals surface area contributed by atoms with E-state index in [9.17, 15) is 9.46 Å². The predicted octanol–water partition coefficient (Wildman–Crippen LogP) is 4.28. The van der Waals surface area contributed by atoms with Crippen molar-refractivity contribution in [3.05, 3.63) is 78.1 Å². The molecule has 32 heavy (non-hydrogen) atoms. The van der Waals surface area contributed by atoms with Crippen LogP contribution in [0.1, 0.15) is 18.1 Å². The average Bonchev–Trinajstić information content (AvgIpc) is 3.21. The highest BCUT2D eigenvalue weighted by Crippen LogP contribution is 2.43. The van der Waals surface area contributed by atoms with Crippen LogP contribution in [0, 0.1) is 0 Å². The maximum Gasteiger partial charge on any atom is 0.221 e. The summed E-state index contributed by atoms with van der Waals surface area (Å²) < 4.78 is 13.7. The van der Waals surface area contributed by atoms with Gasteiger partial charge in [-0.05, 0) is 29.3 Å². The van der Waals surface area contributed by atoms with Gasteiger partial charge in [-0.25, -0.2) is 14.6 Å². The lowest BCUT2D eigenvalue weighted by Gasteiger charge is -2.09.